The molecule has 2 unspecified atom stereocenters. The molecule has 3 aromatic carbocycles. The van der Waals surface area contributed by atoms with Crippen molar-refractivity contribution < 1.29 is 33.1 Å². The molecule has 2 amide bonds. The highest BCUT2D eigenvalue weighted by molar-refractivity contribution is 8.01. The zero-order valence-corrected chi connectivity index (χ0v) is 30.4. The minimum Gasteiger partial charge on any atom is -0.477 e. The van der Waals surface area contributed by atoms with E-state index in [1.165, 1.54) is 40.2 Å². The number of hydrogen-bond acceptors (Lipinski definition) is 13. The van der Waals surface area contributed by atoms with Crippen molar-refractivity contribution in [2.75, 3.05) is 16.8 Å². The number of nitrogens with one attached hydrogen (secondary N) is 2. The number of carbonyl (C=O) groups excluding carboxylic acids is 2. The van der Waals surface area contributed by atoms with Gasteiger partial charge in [0.2, 0.25) is 0 Å². The van der Waals surface area contributed by atoms with Gasteiger partial charge in [-0.05, 0) is 22.3 Å². The number of nitrogens with zero attached hydrogens (tertiary/aromatic N) is 5. The van der Waals surface area contributed by atoms with Gasteiger partial charge in [-0.25, -0.2) is 9.78 Å². The molecule has 0 bridgehead atoms. The molecule has 2 aromatic heterocycles. The highest BCUT2D eigenvalue weighted by Crippen LogP contribution is 2.43. The van der Waals surface area contributed by atoms with E-state index in [0.717, 1.165) is 32.9 Å². The van der Waals surface area contributed by atoms with Gasteiger partial charge >= 0.3 is 12.6 Å². The van der Waals surface area contributed by atoms with Crippen LogP contribution in [-0.4, -0.2) is 78.2 Å². The molecule has 2 aliphatic rings. The van der Waals surface area contributed by atoms with Crippen molar-refractivity contribution in [2.45, 2.75) is 27.9 Å². The number of benzene rings is 3. The summed E-state index contributed by atoms with van der Waals surface area (Å²) in [5.74, 6) is -2.40. The van der Waals surface area contributed by atoms with Crippen LogP contribution >= 0.6 is 46.2 Å². The molecule has 4 heterocycles. The number of hydrogen-bond donors (Lipinski definition) is 3. The summed E-state index contributed by atoms with van der Waals surface area (Å²) in [7, 11) is 0. The number of fused-ring (bicyclic) bond motifs is 1. The average molecular weight is 792 g/mol. The Hall–Kier alpha value is -5.17. The van der Waals surface area contributed by atoms with Crippen molar-refractivity contribution in [1.82, 2.24) is 25.4 Å². The number of oxime groups is 1. The van der Waals surface area contributed by atoms with Crippen LogP contribution in [0.4, 0.5) is 13.9 Å². The molecule has 0 radical (unpaired) electrons. The Bertz CT molecular complexity index is 2060. The lowest BCUT2D eigenvalue weighted by Gasteiger charge is -2.49. The molecule has 18 heteroatoms. The van der Waals surface area contributed by atoms with Gasteiger partial charge in [0.15, 0.2) is 15.2 Å². The molecule has 12 nitrogen and oxygen atoms in total. The van der Waals surface area contributed by atoms with Crippen LogP contribution in [0, 0.1) is 0 Å². The highest BCUT2D eigenvalue weighted by atomic mass is 32.2. The second-order valence-electron chi connectivity index (χ2n) is 11.4. The molecule has 0 spiro atoms. The monoisotopic (exact) mass is 791 g/mol. The van der Waals surface area contributed by atoms with Gasteiger partial charge in [0.25, 0.3) is 11.8 Å². The summed E-state index contributed by atoms with van der Waals surface area (Å²) in [5, 5.41) is 28.4. The lowest BCUT2D eigenvalue weighted by atomic mass is 9.77. The summed E-state index contributed by atoms with van der Waals surface area (Å²) in [4.78, 5) is 49.3. The first-order chi connectivity index (χ1) is 25.8. The fraction of sp³-hybridized carbons (Fsp3) is 0.171. The smallest absolute Gasteiger partial charge is 0.407 e. The maximum Gasteiger partial charge on any atom is 0.407 e. The fourth-order valence-corrected chi connectivity index (χ4v) is 9.78. The normalized spacial score (nSPS) is 17.3. The lowest BCUT2D eigenvalue weighted by Crippen LogP contribution is -2.71. The molecule has 1 saturated heterocycles. The van der Waals surface area contributed by atoms with Crippen molar-refractivity contribution in [3.05, 3.63) is 136 Å². The van der Waals surface area contributed by atoms with Crippen LogP contribution in [0.3, 0.4) is 0 Å². The summed E-state index contributed by atoms with van der Waals surface area (Å²) in [6.07, 6.45) is 0. The summed E-state index contributed by atoms with van der Waals surface area (Å²) in [6.45, 7) is -3.34. The fourth-order valence-electron chi connectivity index (χ4n) is 6.06. The maximum absolute atomic E-state index is 13.7. The third-order valence-corrected chi connectivity index (χ3v) is 12.4. The first kappa shape index (κ1) is 36.2. The molecular weight excluding hydrogens is 765 g/mol. The number of alkyl halides is 2. The van der Waals surface area contributed by atoms with Gasteiger partial charge in [0.1, 0.15) is 33.9 Å². The SMILES string of the molecule is O=C(O)C1=C(CSc2nncs2)CSC2C(NC(=O)/C(=N\OC(F)F)c3csc(NC(c4ccccc4)(c4ccccc4)c4ccccc4)n3)C(=O)N12. The van der Waals surface area contributed by atoms with Crippen molar-refractivity contribution in [3.8, 4) is 0 Å². The maximum atomic E-state index is 13.7. The first-order valence-electron chi connectivity index (χ1n) is 15.8. The second-order valence-corrected chi connectivity index (χ2v) is 15.4. The Morgan fingerprint density at radius 2 is 1.62 bits per heavy atom. The molecule has 2 aliphatic heterocycles. The molecule has 3 N–H and O–H groups in total. The van der Waals surface area contributed by atoms with Gasteiger partial charge in [0, 0.05) is 16.9 Å². The molecule has 2 atom stereocenters. The molecule has 5 aromatic rings. The average Bonchev–Trinajstić information content (AvgIpc) is 3.88. The zero-order valence-electron chi connectivity index (χ0n) is 27.2. The number of halogens is 2. The van der Waals surface area contributed by atoms with E-state index < -0.39 is 47.1 Å². The third-order valence-electron chi connectivity index (χ3n) is 8.35. The van der Waals surface area contributed by atoms with Gasteiger partial charge in [-0.1, -0.05) is 119 Å². The zero-order chi connectivity index (χ0) is 37.0. The topological polar surface area (TPSA) is 159 Å². The van der Waals surface area contributed by atoms with Gasteiger partial charge in [0.05, 0.1) is 0 Å². The molecule has 53 heavy (non-hydrogen) atoms. The molecule has 270 valence electrons. The Morgan fingerprint density at radius 1 is 1.00 bits per heavy atom. The van der Waals surface area contributed by atoms with Crippen LogP contribution in [0.15, 0.2) is 123 Å². The Kier molecular flexibility index (Phi) is 10.8. The highest BCUT2D eigenvalue weighted by Gasteiger charge is 2.54. The number of carbonyl (C=O) groups is 3. The predicted molar refractivity (Wildman–Crippen MR) is 199 cm³/mol. The lowest BCUT2D eigenvalue weighted by molar-refractivity contribution is -0.150. The summed E-state index contributed by atoms with van der Waals surface area (Å²) >= 11 is 5.01. The number of β-lactam (4-membered cyclic amide) rings is 1. The quantitative estimate of drug-likeness (QED) is 0.0406. The Balaban J connectivity index is 1.16. The number of anilines is 1. The molecule has 1 fully saturated rings. The molecule has 7 rings (SSSR count). The van der Waals surface area contributed by atoms with Crippen LogP contribution in [0.1, 0.15) is 22.4 Å². The minimum absolute atomic E-state index is 0.0826. The van der Waals surface area contributed by atoms with E-state index in [-0.39, 0.29) is 22.9 Å². The number of carboxylic acids is 1. The van der Waals surface area contributed by atoms with Crippen molar-refractivity contribution in [1.29, 1.82) is 0 Å². The van der Waals surface area contributed by atoms with Crippen LogP contribution in [0.25, 0.3) is 0 Å². The number of rotatable bonds is 14. The van der Waals surface area contributed by atoms with Crippen LogP contribution < -0.4 is 10.6 Å². The van der Waals surface area contributed by atoms with Gasteiger partial charge in [-0.3, -0.25) is 14.5 Å². The van der Waals surface area contributed by atoms with E-state index >= 15 is 0 Å². The van der Waals surface area contributed by atoms with E-state index in [4.69, 9.17) is 0 Å². The number of carboxylic acid groups (broad SMARTS) is 1. The Morgan fingerprint density at radius 3 is 2.17 bits per heavy atom. The molecule has 0 saturated carbocycles. The van der Waals surface area contributed by atoms with E-state index in [1.807, 2.05) is 91.0 Å². The van der Waals surface area contributed by atoms with Gasteiger partial charge < -0.3 is 20.6 Å². The van der Waals surface area contributed by atoms with Crippen LogP contribution in [-0.2, 0) is 24.8 Å². The number of aromatic nitrogens is 3. The summed E-state index contributed by atoms with van der Waals surface area (Å²) < 4.78 is 27.2. The van der Waals surface area contributed by atoms with Crippen molar-refractivity contribution in [2.24, 2.45) is 5.16 Å². The largest absolute Gasteiger partial charge is 0.477 e. The number of thiazole rings is 1. The standard InChI is InChI=1S/C35H27F2N7O5S4/c36-32(37)49-43-25(28(45)40-26-29(46)44-27(31(47)48)20(16-50-30(26)44)17-52-34-42-38-19-53-34)24-18-51-33(39-24)41-35(21-10-4-1-5-11-21,22-12-6-2-7-13-22)23-14-8-3-9-15-23/h1-15,18-19,26,30,32H,16-17H2,(H,39,41)(H,40,45)(H,47,48)/b43-25-. The number of thioether (sulfide) groups is 2. The van der Waals surface area contributed by atoms with Crippen molar-refractivity contribution >= 4 is 74.8 Å². The molecular formula is C35H27F2N7O5S4. The summed E-state index contributed by atoms with van der Waals surface area (Å²) in [6, 6.07) is 28.0. The van der Waals surface area contributed by atoms with Gasteiger partial charge in [-0.2, -0.15) is 8.78 Å². The van der Waals surface area contributed by atoms with Gasteiger partial charge in [-0.15, -0.1) is 33.3 Å². The molecule has 0 aliphatic carbocycles. The predicted octanol–water partition coefficient (Wildman–Crippen LogP) is 5.87. The van der Waals surface area contributed by atoms with Crippen LogP contribution in [0.2, 0.25) is 0 Å². The van der Waals surface area contributed by atoms with E-state index in [1.54, 1.807) is 5.51 Å². The minimum atomic E-state index is -3.34. The number of amides is 2. The van der Waals surface area contributed by atoms with E-state index in [9.17, 15) is 28.3 Å². The third kappa shape index (κ3) is 7.39. The Labute approximate surface area is 317 Å². The van der Waals surface area contributed by atoms with E-state index in [0.29, 0.717) is 15.0 Å². The first-order valence-corrected chi connectivity index (χ1v) is 19.6. The van der Waals surface area contributed by atoms with Crippen LogP contribution in [0.5, 0.6) is 0 Å². The van der Waals surface area contributed by atoms with E-state index in [2.05, 4.69) is 35.8 Å². The van der Waals surface area contributed by atoms with Crippen molar-refractivity contribution in [3.63, 3.8) is 0 Å². The summed E-state index contributed by atoms with van der Waals surface area (Å²) in [5.41, 5.74) is 2.93. The number of aliphatic carboxylic acids is 1. The second kappa shape index (κ2) is 15.8.